The van der Waals surface area contributed by atoms with E-state index in [0.29, 0.717) is 27.8 Å². The van der Waals surface area contributed by atoms with Crippen LogP contribution in [0.15, 0.2) is 47.4 Å². The summed E-state index contributed by atoms with van der Waals surface area (Å²) in [6.45, 7) is 0. The van der Waals surface area contributed by atoms with Crippen LogP contribution in [0.4, 0.5) is 11.6 Å². The molecule has 7 heteroatoms. The van der Waals surface area contributed by atoms with E-state index >= 15 is 0 Å². The standard InChI is InChI=1S/C15H14N4O2S/c1-22(20,21)10-5-2-4-9(8-10)14-13-11(16)6-3-7-12(13)18-15(17)19-14/h2-8H,16H2,1H3,(H2,17,18,19). The molecule has 3 aromatic rings. The fourth-order valence-corrected chi connectivity index (χ4v) is 2.98. The van der Waals surface area contributed by atoms with Gasteiger partial charge in [0.05, 0.1) is 16.1 Å². The van der Waals surface area contributed by atoms with E-state index in [1.165, 1.54) is 6.07 Å². The Morgan fingerprint density at radius 3 is 2.45 bits per heavy atom. The molecule has 0 spiro atoms. The Labute approximate surface area is 127 Å². The van der Waals surface area contributed by atoms with Gasteiger partial charge in [-0.2, -0.15) is 0 Å². The van der Waals surface area contributed by atoms with Crippen molar-refractivity contribution < 1.29 is 8.42 Å². The van der Waals surface area contributed by atoms with Crippen molar-refractivity contribution in [2.75, 3.05) is 17.7 Å². The minimum absolute atomic E-state index is 0.109. The first-order valence-corrected chi connectivity index (χ1v) is 8.37. The van der Waals surface area contributed by atoms with Gasteiger partial charge in [-0.1, -0.05) is 18.2 Å². The number of nitrogens with two attached hydrogens (primary N) is 2. The highest BCUT2D eigenvalue weighted by molar-refractivity contribution is 7.90. The number of benzene rings is 2. The van der Waals surface area contributed by atoms with Crippen LogP contribution in [0.2, 0.25) is 0 Å². The maximum absolute atomic E-state index is 11.7. The molecule has 0 fully saturated rings. The summed E-state index contributed by atoms with van der Waals surface area (Å²) in [5, 5.41) is 0.655. The molecule has 0 unspecified atom stereocenters. The zero-order chi connectivity index (χ0) is 15.9. The Morgan fingerprint density at radius 1 is 1.00 bits per heavy atom. The zero-order valence-corrected chi connectivity index (χ0v) is 12.6. The van der Waals surface area contributed by atoms with E-state index in [-0.39, 0.29) is 10.8 Å². The van der Waals surface area contributed by atoms with Crippen LogP contribution in [0.25, 0.3) is 22.2 Å². The van der Waals surface area contributed by atoms with Gasteiger partial charge in [-0.05, 0) is 24.3 Å². The van der Waals surface area contributed by atoms with E-state index in [1.54, 1.807) is 36.4 Å². The van der Waals surface area contributed by atoms with Crippen molar-refractivity contribution in [2.45, 2.75) is 4.90 Å². The average Bonchev–Trinajstić information content (AvgIpc) is 2.45. The van der Waals surface area contributed by atoms with Gasteiger partial charge in [0.15, 0.2) is 9.84 Å². The van der Waals surface area contributed by atoms with Gasteiger partial charge in [0, 0.05) is 22.9 Å². The van der Waals surface area contributed by atoms with Gasteiger partial charge in [-0.3, -0.25) is 0 Å². The van der Waals surface area contributed by atoms with Crippen LogP contribution in [0.1, 0.15) is 0 Å². The van der Waals surface area contributed by atoms with E-state index in [2.05, 4.69) is 9.97 Å². The van der Waals surface area contributed by atoms with Crippen LogP contribution in [0, 0.1) is 0 Å². The molecule has 0 aliphatic carbocycles. The lowest BCUT2D eigenvalue weighted by Gasteiger charge is -2.10. The molecule has 112 valence electrons. The SMILES string of the molecule is CS(=O)(=O)c1cccc(-c2nc(N)nc3cccc(N)c23)c1. The molecule has 6 nitrogen and oxygen atoms in total. The van der Waals surface area contributed by atoms with E-state index in [9.17, 15) is 8.42 Å². The second-order valence-corrected chi connectivity index (χ2v) is 6.99. The highest BCUT2D eigenvalue weighted by Gasteiger charge is 2.14. The molecular formula is C15H14N4O2S. The lowest BCUT2D eigenvalue weighted by atomic mass is 10.1. The molecule has 0 atom stereocenters. The summed E-state index contributed by atoms with van der Waals surface area (Å²) in [7, 11) is -3.31. The normalized spacial score (nSPS) is 11.7. The number of fused-ring (bicyclic) bond motifs is 1. The van der Waals surface area contributed by atoms with Crippen molar-refractivity contribution in [3.8, 4) is 11.3 Å². The van der Waals surface area contributed by atoms with Gasteiger partial charge >= 0.3 is 0 Å². The summed E-state index contributed by atoms with van der Waals surface area (Å²) in [5.41, 5.74) is 14.1. The average molecular weight is 314 g/mol. The fraction of sp³-hybridized carbons (Fsp3) is 0.0667. The molecular weight excluding hydrogens is 300 g/mol. The Bertz CT molecular complexity index is 984. The van der Waals surface area contributed by atoms with Crippen LogP contribution >= 0.6 is 0 Å². The molecule has 0 saturated heterocycles. The fourth-order valence-electron chi connectivity index (χ4n) is 2.31. The first-order chi connectivity index (χ1) is 10.4. The number of rotatable bonds is 2. The van der Waals surface area contributed by atoms with Gasteiger partial charge in [-0.15, -0.1) is 0 Å². The quantitative estimate of drug-likeness (QED) is 0.698. The lowest BCUT2D eigenvalue weighted by Crippen LogP contribution is -2.01. The molecule has 1 heterocycles. The maximum Gasteiger partial charge on any atom is 0.221 e. The molecule has 0 amide bonds. The summed E-state index contributed by atoms with van der Waals surface area (Å²) in [5.74, 6) is 0.109. The first kappa shape index (κ1) is 14.3. The predicted octanol–water partition coefficient (Wildman–Crippen LogP) is 1.86. The molecule has 0 saturated carbocycles. The second kappa shape index (κ2) is 4.96. The minimum atomic E-state index is -3.31. The molecule has 1 aromatic heterocycles. The summed E-state index contributed by atoms with van der Waals surface area (Å²) in [4.78, 5) is 8.62. The Balaban J connectivity index is 2.36. The van der Waals surface area contributed by atoms with Gasteiger partial charge in [-0.25, -0.2) is 18.4 Å². The van der Waals surface area contributed by atoms with Crippen LogP contribution in [-0.2, 0) is 9.84 Å². The predicted molar refractivity (Wildman–Crippen MR) is 86.9 cm³/mol. The molecule has 0 aliphatic rings. The van der Waals surface area contributed by atoms with E-state index in [4.69, 9.17) is 11.5 Å². The monoisotopic (exact) mass is 314 g/mol. The number of anilines is 2. The molecule has 4 N–H and O–H groups in total. The third kappa shape index (κ3) is 2.46. The van der Waals surface area contributed by atoms with Gasteiger partial charge in [0.2, 0.25) is 5.95 Å². The van der Waals surface area contributed by atoms with Crippen LogP contribution < -0.4 is 11.5 Å². The second-order valence-electron chi connectivity index (χ2n) is 4.97. The Kier molecular flexibility index (Phi) is 3.22. The largest absolute Gasteiger partial charge is 0.398 e. The van der Waals surface area contributed by atoms with E-state index < -0.39 is 9.84 Å². The lowest BCUT2D eigenvalue weighted by molar-refractivity contribution is 0.602. The molecule has 0 radical (unpaired) electrons. The summed E-state index contributed by atoms with van der Waals surface area (Å²) in [6.07, 6.45) is 1.16. The highest BCUT2D eigenvalue weighted by atomic mass is 32.2. The third-order valence-electron chi connectivity index (χ3n) is 3.31. The van der Waals surface area contributed by atoms with Crippen LogP contribution in [-0.4, -0.2) is 24.6 Å². The topological polar surface area (TPSA) is 112 Å². The van der Waals surface area contributed by atoms with Gasteiger partial charge in [0.1, 0.15) is 0 Å². The van der Waals surface area contributed by atoms with Crippen molar-refractivity contribution in [3.05, 3.63) is 42.5 Å². The van der Waals surface area contributed by atoms with E-state index in [1.807, 2.05) is 0 Å². The molecule has 0 aliphatic heterocycles. The molecule has 0 bridgehead atoms. The Morgan fingerprint density at radius 2 is 1.73 bits per heavy atom. The number of nitrogens with zero attached hydrogens (tertiary/aromatic N) is 2. The number of hydrogen-bond acceptors (Lipinski definition) is 6. The van der Waals surface area contributed by atoms with Crippen molar-refractivity contribution in [3.63, 3.8) is 0 Å². The molecule has 3 rings (SSSR count). The van der Waals surface area contributed by atoms with Crippen molar-refractivity contribution >= 4 is 32.4 Å². The number of hydrogen-bond donors (Lipinski definition) is 2. The Hall–Kier alpha value is -2.67. The molecule has 22 heavy (non-hydrogen) atoms. The maximum atomic E-state index is 11.7. The number of nitrogen functional groups attached to an aromatic ring is 2. The smallest absolute Gasteiger partial charge is 0.221 e. The van der Waals surface area contributed by atoms with Gasteiger partial charge in [0.25, 0.3) is 0 Å². The van der Waals surface area contributed by atoms with Crippen LogP contribution in [0.3, 0.4) is 0 Å². The van der Waals surface area contributed by atoms with Crippen LogP contribution in [0.5, 0.6) is 0 Å². The highest BCUT2D eigenvalue weighted by Crippen LogP contribution is 2.31. The minimum Gasteiger partial charge on any atom is -0.398 e. The zero-order valence-electron chi connectivity index (χ0n) is 11.8. The summed E-state index contributed by atoms with van der Waals surface area (Å²) < 4.78 is 23.5. The first-order valence-electron chi connectivity index (χ1n) is 6.48. The number of aromatic nitrogens is 2. The van der Waals surface area contributed by atoms with Gasteiger partial charge < -0.3 is 11.5 Å². The van der Waals surface area contributed by atoms with E-state index in [0.717, 1.165) is 6.26 Å². The molecule has 2 aromatic carbocycles. The summed E-state index contributed by atoms with van der Waals surface area (Å²) in [6, 6.07) is 11.8. The third-order valence-corrected chi connectivity index (χ3v) is 4.42. The van der Waals surface area contributed by atoms with Crippen molar-refractivity contribution in [1.82, 2.24) is 9.97 Å². The summed E-state index contributed by atoms with van der Waals surface area (Å²) >= 11 is 0. The van der Waals surface area contributed by atoms with Crippen molar-refractivity contribution in [2.24, 2.45) is 0 Å². The van der Waals surface area contributed by atoms with Crippen molar-refractivity contribution in [1.29, 1.82) is 0 Å². The number of sulfone groups is 1.